The van der Waals surface area contributed by atoms with Gasteiger partial charge in [-0.15, -0.1) is 0 Å². The van der Waals surface area contributed by atoms with E-state index in [9.17, 15) is 4.79 Å². The highest BCUT2D eigenvalue weighted by molar-refractivity contribution is 5.89. The Morgan fingerprint density at radius 2 is 2.43 bits per heavy atom. The van der Waals surface area contributed by atoms with Gasteiger partial charge in [-0.05, 0) is 18.6 Å². The summed E-state index contributed by atoms with van der Waals surface area (Å²) in [5.74, 6) is -0.0116. The highest BCUT2D eigenvalue weighted by Gasteiger charge is 2.06. The second-order valence-electron chi connectivity index (χ2n) is 2.96. The molecular formula is C10H14N2O2. The molecule has 0 aliphatic heterocycles. The van der Waals surface area contributed by atoms with Crippen molar-refractivity contribution < 1.29 is 9.53 Å². The maximum atomic E-state index is 11.4. The average molecular weight is 194 g/mol. The molecule has 1 heterocycles. The van der Waals surface area contributed by atoms with Crippen LogP contribution in [0.25, 0.3) is 0 Å². The molecular weight excluding hydrogens is 180 g/mol. The van der Waals surface area contributed by atoms with Gasteiger partial charge in [-0.2, -0.15) is 0 Å². The van der Waals surface area contributed by atoms with E-state index in [-0.39, 0.29) is 5.97 Å². The number of hydrogen-bond acceptors (Lipinski definition) is 4. The smallest absolute Gasteiger partial charge is 0.338 e. The summed E-state index contributed by atoms with van der Waals surface area (Å²) < 4.78 is 5.00. The molecule has 76 valence electrons. The number of ether oxygens (including phenoxy) is 1. The number of nitrogens with zero attached hydrogens (tertiary/aromatic N) is 1. The minimum atomic E-state index is -0.340. The van der Waals surface area contributed by atoms with Crippen molar-refractivity contribution in [3.63, 3.8) is 0 Å². The summed E-state index contributed by atoms with van der Waals surface area (Å²) in [5, 5.41) is 0. The third-order valence-electron chi connectivity index (χ3n) is 1.75. The number of carbonyl (C=O) groups is 1. The van der Waals surface area contributed by atoms with Gasteiger partial charge in [0, 0.05) is 6.20 Å². The minimum Gasteiger partial charge on any atom is -0.462 e. The molecule has 1 aromatic rings. The zero-order valence-corrected chi connectivity index (χ0v) is 8.19. The lowest BCUT2D eigenvalue weighted by atomic mass is 10.2. The lowest BCUT2D eigenvalue weighted by Crippen LogP contribution is -2.07. The molecule has 4 nitrogen and oxygen atoms in total. The molecule has 2 N–H and O–H groups in total. The van der Waals surface area contributed by atoms with Crippen LogP contribution in [0, 0.1) is 0 Å². The summed E-state index contributed by atoms with van der Waals surface area (Å²) in [5.41, 5.74) is 5.88. The molecule has 0 fully saturated rings. The van der Waals surface area contributed by atoms with Crippen molar-refractivity contribution in [2.45, 2.75) is 19.8 Å². The molecule has 0 unspecified atom stereocenters. The summed E-state index contributed by atoms with van der Waals surface area (Å²) in [4.78, 5) is 15.2. The van der Waals surface area contributed by atoms with Gasteiger partial charge in [0.2, 0.25) is 0 Å². The fourth-order valence-electron chi connectivity index (χ4n) is 0.968. The fraction of sp³-hybridized carbons (Fsp3) is 0.400. The van der Waals surface area contributed by atoms with Gasteiger partial charge in [0.15, 0.2) is 0 Å². The van der Waals surface area contributed by atoms with E-state index in [2.05, 4.69) is 4.98 Å². The number of carbonyl (C=O) groups excluding carboxylic acids is 1. The molecule has 0 bridgehead atoms. The largest absolute Gasteiger partial charge is 0.462 e. The molecule has 0 saturated heterocycles. The Kier molecular flexibility index (Phi) is 3.91. The van der Waals surface area contributed by atoms with Gasteiger partial charge in [0.25, 0.3) is 0 Å². The molecule has 0 atom stereocenters. The van der Waals surface area contributed by atoms with Crippen LogP contribution < -0.4 is 5.73 Å². The van der Waals surface area contributed by atoms with Crippen molar-refractivity contribution in [2.75, 3.05) is 12.3 Å². The zero-order valence-electron chi connectivity index (χ0n) is 8.19. The molecule has 1 rings (SSSR count). The molecule has 0 spiro atoms. The van der Waals surface area contributed by atoms with Crippen LogP contribution in [0.1, 0.15) is 30.1 Å². The highest BCUT2D eigenvalue weighted by atomic mass is 16.5. The van der Waals surface area contributed by atoms with Crippen LogP contribution in [0.3, 0.4) is 0 Å². The number of nitrogen functional groups attached to an aromatic ring is 1. The van der Waals surface area contributed by atoms with E-state index < -0.39 is 0 Å². The fourth-order valence-corrected chi connectivity index (χ4v) is 0.968. The quantitative estimate of drug-likeness (QED) is 0.584. The Morgan fingerprint density at radius 3 is 3.07 bits per heavy atom. The van der Waals surface area contributed by atoms with Crippen LogP contribution in [-0.2, 0) is 4.74 Å². The van der Waals surface area contributed by atoms with E-state index >= 15 is 0 Å². The van der Waals surface area contributed by atoms with Crippen LogP contribution in [0.2, 0.25) is 0 Å². The monoisotopic (exact) mass is 194 g/mol. The van der Waals surface area contributed by atoms with E-state index in [1.54, 1.807) is 6.07 Å². The van der Waals surface area contributed by atoms with Crippen molar-refractivity contribution in [1.82, 2.24) is 4.98 Å². The van der Waals surface area contributed by atoms with Gasteiger partial charge in [0.05, 0.1) is 12.2 Å². The highest BCUT2D eigenvalue weighted by Crippen LogP contribution is 2.05. The van der Waals surface area contributed by atoms with Crippen molar-refractivity contribution in [3.8, 4) is 0 Å². The summed E-state index contributed by atoms with van der Waals surface area (Å²) in [6, 6.07) is 3.10. The Hall–Kier alpha value is -1.58. The lowest BCUT2D eigenvalue weighted by molar-refractivity contribution is 0.0499. The number of pyridine rings is 1. The Bertz CT molecular complexity index is 313. The number of unbranched alkanes of at least 4 members (excludes halogenated alkanes) is 1. The Balaban J connectivity index is 2.52. The lowest BCUT2D eigenvalue weighted by Gasteiger charge is -2.03. The molecule has 0 amide bonds. The van der Waals surface area contributed by atoms with E-state index in [1.807, 2.05) is 6.92 Å². The van der Waals surface area contributed by atoms with Gasteiger partial charge in [-0.1, -0.05) is 13.3 Å². The second kappa shape index (κ2) is 5.21. The summed E-state index contributed by atoms with van der Waals surface area (Å²) >= 11 is 0. The summed E-state index contributed by atoms with van der Waals surface area (Å²) in [6.45, 7) is 2.50. The average Bonchev–Trinajstić information content (AvgIpc) is 2.18. The standard InChI is InChI=1S/C10H14N2O2/c1-2-3-6-14-10(13)8-4-5-12-9(11)7-8/h4-5,7H,2-3,6H2,1H3,(H2,11,12). The third kappa shape index (κ3) is 3.05. The summed E-state index contributed by atoms with van der Waals surface area (Å²) in [7, 11) is 0. The first kappa shape index (κ1) is 10.5. The van der Waals surface area contributed by atoms with Crippen molar-refractivity contribution >= 4 is 11.8 Å². The normalized spacial score (nSPS) is 9.79. The molecule has 14 heavy (non-hydrogen) atoms. The zero-order chi connectivity index (χ0) is 10.4. The minimum absolute atomic E-state index is 0.329. The molecule has 0 aliphatic rings. The van der Waals surface area contributed by atoms with Crippen molar-refractivity contribution in [3.05, 3.63) is 23.9 Å². The van der Waals surface area contributed by atoms with E-state index in [0.29, 0.717) is 18.0 Å². The van der Waals surface area contributed by atoms with Crippen LogP contribution in [0.15, 0.2) is 18.3 Å². The first-order chi connectivity index (χ1) is 6.74. The van der Waals surface area contributed by atoms with Gasteiger partial charge >= 0.3 is 5.97 Å². The molecule has 0 radical (unpaired) electrons. The topological polar surface area (TPSA) is 65.2 Å². The Morgan fingerprint density at radius 1 is 1.64 bits per heavy atom. The molecule has 4 heteroatoms. The second-order valence-corrected chi connectivity index (χ2v) is 2.96. The summed E-state index contributed by atoms with van der Waals surface area (Å²) in [6.07, 6.45) is 3.38. The van der Waals surface area contributed by atoms with Crippen molar-refractivity contribution in [1.29, 1.82) is 0 Å². The number of esters is 1. The van der Waals surface area contributed by atoms with Crippen LogP contribution in [0.5, 0.6) is 0 Å². The van der Waals surface area contributed by atoms with Crippen LogP contribution >= 0.6 is 0 Å². The van der Waals surface area contributed by atoms with E-state index in [1.165, 1.54) is 12.3 Å². The van der Waals surface area contributed by atoms with Gasteiger partial charge in [-0.25, -0.2) is 9.78 Å². The maximum absolute atomic E-state index is 11.4. The van der Waals surface area contributed by atoms with Crippen LogP contribution in [-0.4, -0.2) is 17.6 Å². The molecule has 1 aromatic heterocycles. The maximum Gasteiger partial charge on any atom is 0.338 e. The number of rotatable bonds is 4. The van der Waals surface area contributed by atoms with E-state index in [0.717, 1.165) is 12.8 Å². The molecule has 0 aromatic carbocycles. The number of nitrogens with two attached hydrogens (primary N) is 1. The number of aromatic nitrogens is 1. The third-order valence-corrected chi connectivity index (χ3v) is 1.75. The number of anilines is 1. The van der Waals surface area contributed by atoms with Gasteiger partial charge < -0.3 is 10.5 Å². The molecule has 0 aliphatic carbocycles. The first-order valence-electron chi connectivity index (χ1n) is 4.62. The Labute approximate surface area is 83.1 Å². The first-order valence-corrected chi connectivity index (χ1v) is 4.62. The van der Waals surface area contributed by atoms with Crippen LogP contribution in [0.4, 0.5) is 5.82 Å². The van der Waals surface area contributed by atoms with Crippen molar-refractivity contribution in [2.24, 2.45) is 0 Å². The van der Waals surface area contributed by atoms with E-state index in [4.69, 9.17) is 10.5 Å². The number of hydrogen-bond donors (Lipinski definition) is 1. The predicted molar refractivity (Wildman–Crippen MR) is 53.8 cm³/mol. The van der Waals surface area contributed by atoms with Gasteiger partial charge in [-0.3, -0.25) is 0 Å². The molecule has 0 saturated carbocycles. The van der Waals surface area contributed by atoms with Gasteiger partial charge in [0.1, 0.15) is 5.82 Å². The predicted octanol–water partition coefficient (Wildman–Crippen LogP) is 1.62. The SMILES string of the molecule is CCCCOC(=O)c1ccnc(N)c1.